The summed E-state index contributed by atoms with van der Waals surface area (Å²) in [4.78, 5) is 13.4. The van der Waals surface area contributed by atoms with Crippen LogP contribution in [0.15, 0.2) is 0 Å². The lowest BCUT2D eigenvalue weighted by Crippen LogP contribution is -2.44. The second-order valence-electron chi connectivity index (χ2n) is 3.89. The molecule has 0 radical (unpaired) electrons. The van der Waals surface area contributed by atoms with E-state index in [4.69, 9.17) is 4.74 Å². The summed E-state index contributed by atoms with van der Waals surface area (Å²) in [6.07, 6.45) is 2.25. The van der Waals surface area contributed by atoms with E-state index >= 15 is 0 Å². The molecule has 0 aliphatic carbocycles. The van der Waals surface area contributed by atoms with E-state index in [2.05, 4.69) is 12.2 Å². The smallest absolute Gasteiger partial charge is 0.317 e. The molecule has 0 bridgehead atoms. The molecule has 14 heavy (non-hydrogen) atoms. The largest absolute Gasteiger partial charge is 0.383 e. The molecule has 1 aliphatic heterocycles. The summed E-state index contributed by atoms with van der Waals surface area (Å²) < 4.78 is 4.86. The number of carbonyl (C=O) groups is 1. The van der Waals surface area contributed by atoms with Crippen molar-refractivity contribution in [3.05, 3.63) is 0 Å². The summed E-state index contributed by atoms with van der Waals surface area (Å²) in [7, 11) is 1.63. The average Bonchev–Trinajstić information content (AvgIpc) is 2.19. The number of nitrogens with zero attached hydrogens (tertiary/aromatic N) is 1. The lowest BCUT2D eigenvalue weighted by atomic mass is 10.00. The number of methoxy groups -OCH3 is 1. The zero-order chi connectivity index (χ0) is 10.4. The Morgan fingerprint density at radius 1 is 1.50 bits per heavy atom. The Kier molecular flexibility index (Phi) is 4.73. The molecule has 0 aromatic carbocycles. The number of hydrogen-bond donors (Lipinski definition) is 1. The van der Waals surface area contributed by atoms with E-state index in [1.807, 2.05) is 4.90 Å². The third kappa shape index (κ3) is 3.54. The Labute approximate surface area is 85.6 Å². The highest BCUT2D eigenvalue weighted by Crippen LogP contribution is 2.15. The first kappa shape index (κ1) is 11.3. The van der Waals surface area contributed by atoms with Gasteiger partial charge in [-0.1, -0.05) is 6.92 Å². The van der Waals surface area contributed by atoms with Crippen LogP contribution in [0.1, 0.15) is 19.8 Å². The van der Waals surface area contributed by atoms with Crippen LogP contribution in [0, 0.1) is 5.92 Å². The quantitative estimate of drug-likeness (QED) is 0.692. The standard InChI is InChI=1S/C10H20N2O2/c1-9-3-6-12(7-4-9)10(13)11-5-8-14-2/h9H,3-8H2,1-2H3,(H,11,13). The SMILES string of the molecule is COCCNC(=O)N1CCC(C)CC1. The molecule has 1 fully saturated rings. The van der Waals surface area contributed by atoms with Gasteiger partial charge in [-0.2, -0.15) is 0 Å². The Hall–Kier alpha value is -0.770. The molecule has 2 amide bonds. The number of rotatable bonds is 3. The third-order valence-electron chi connectivity index (χ3n) is 2.65. The van der Waals surface area contributed by atoms with Crippen LogP contribution in [-0.2, 0) is 4.74 Å². The molecule has 0 saturated carbocycles. The number of amides is 2. The van der Waals surface area contributed by atoms with Crippen LogP contribution in [0.2, 0.25) is 0 Å². The maximum Gasteiger partial charge on any atom is 0.317 e. The fourth-order valence-corrected chi connectivity index (χ4v) is 1.58. The van der Waals surface area contributed by atoms with Gasteiger partial charge in [-0.15, -0.1) is 0 Å². The van der Waals surface area contributed by atoms with Crippen molar-refractivity contribution >= 4 is 6.03 Å². The number of carbonyl (C=O) groups excluding carboxylic acids is 1. The predicted octanol–water partition coefficient (Wildman–Crippen LogP) is 1.07. The van der Waals surface area contributed by atoms with E-state index in [-0.39, 0.29) is 6.03 Å². The van der Waals surface area contributed by atoms with Gasteiger partial charge in [0.05, 0.1) is 6.61 Å². The molecule has 1 rings (SSSR count). The van der Waals surface area contributed by atoms with E-state index < -0.39 is 0 Å². The molecule has 82 valence electrons. The zero-order valence-corrected chi connectivity index (χ0v) is 9.08. The lowest BCUT2D eigenvalue weighted by molar-refractivity contribution is 0.164. The molecule has 0 spiro atoms. The molecule has 0 atom stereocenters. The van der Waals surface area contributed by atoms with Gasteiger partial charge in [0.25, 0.3) is 0 Å². The zero-order valence-electron chi connectivity index (χ0n) is 9.08. The number of piperidine rings is 1. The van der Waals surface area contributed by atoms with Gasteiger partial charge in [-0.3, -0.25) is 0 Å². The van der Waals surface area contributed by atoms with Crippen LogP contribution < -0.4 is 5.32 Å². The molecule has 1 aliphatic rings. The topological polar surface area (TPSA) is 41.6 Å². The number of ether oxygens (including phenoxy) is 1. The van der Waals surface area contributed by atoms with Crippen LogP contribution in [0.4, 0.5) is 4.79 Å². The van der Waals surface area contributed by atoms with E-state index in [0.29, 0.717) is 13.2 Å². The van der Waals surface area contributed by atoms with Gasteiger partial charge >= 0.3 is 6.03 Å². The molecular formula is C10H20N2O2. The fraction of sp³-hybridized carbons (Fsp3) is 0.900. The summed E-state index contributed by atoms with van der Waals surface area (Å²) in [6, 6.07) is 0.0500. The van der Waals surface area contributed by atoms with Crippen molar-refractivity contribution in [3.8, 4) is 0 Å². The van der Waals surface area contributed by atoms with Gasteiger partial charge in [-0.25, -0.2) is 4.79 Å². The van der Waals surface area contributed by atoms with Crippen LogP contribution >= 0.6 is 0 Å². The minimum Gasteiger partial charge on any atom is -0.383 e. The first-order valence-electron chi connectivity index (χ1n) is 5.25. The minimum absolute atomic E-state index is 0.0500. The minimum atomic E-state index is 0.0500. The van der Waals surface area contributed by atoms with Crippen molar-refractivity contribution in [2.24, 2.45) is 5.92 Å². The summed E-state index contributed by atoms with van der Waals surface area (Å²) in [5, 5.41) is 2.83. The normalized spacial score (nSPS) is 18.3. The first-order valence-corrected chi connectivity index (χ1v) is 5.25. The van der Waals surface area contributed by atoms with Gasteiger partial charge < -0.3 is 15.0 Å². The third-order valence-corrected chi connectivity index (χ3v) is 2.65. The molecule has 4 heteroatoms. The maximum absolute atomic E-state index is 11.5. The summed E-state index contributed by atoms with van der Waals surface area (Å²) in [6.45, 7) is 5.19. The van der Waals surface area contributed by atoms with Crippen molar-refractivity contribution in [2.45, 2.75) is 19.8 Å². The Balaban J connectivity index is 2.17. The maximum atomic E-state index is 11.5. The first-order chi connectivity index (χ1) is 6.74. The Morgan fingerprint density at radius 2 is 2.14 bits per heavy atom. The van der Waals surface area contributed by atoms with Crippen molar-refractivity contribution in [1.82, 2.24) is 10.2 Å². The van der Waals surface area contributed by atoms with Crippen molar-refractivity contribution < 1.29 is 9.53 Å². The molecule has 0 aromatic rings. The highest BCUT2D eigenvalue weighted by molar-refractivity contribution is 5.74. The highest BCUT2D eigenvalue weighted by atomic mass is 16.5. The van der Waals surface area contributed by atoms with Crippen LogP contribution in [-0.4, -0.2) is 44.3 Å². The van der Waals surface area contributed by atoms with Gasteiger partial charge in [0, 0.05) is 26.7 Å². The second kappa shape index (κ2) is 5.86. The van der Waals surface area contributed by atoms with Gasteiger partial charge in [0.15, 0.2) is 0 Å². The second-order valence-corrected chi connectivity index (χ2v) is 3.89. The van der Waals surface area contributed by atoms with Gasteiger partial charge in [0.1, 0.15) is 0 Å². The average molecular weight is 200 g/mol. The number of urea groups is 1. The monoisotopic (exact) mass is 200 g/mol. The Morgan fingerprint density at radius 3 is 2.71 bits per heavy atom. The van der Waals surface area contributed by atoms with Crippen molar-refractivity contribution in [1.29, 1.82) is 0 Å². The fourth-order valence-electron chi connectivity index (χ4n) is 1.58. The van der Waals surface area contributed by atoms with Crippen LogP contribution in [0.5, 0.6) is 0 Å². The molecule has 1 heterocycles. The summed E-state index contributed by atoms with van der Waals surface area (Å²) in [5.74, 6) is 0.762. The lowest BCUT2D eigenvalue weighted by Gasteiger charge is -2.30. The van der Waals surface area contributed by atoms with E-state index in [0.717, 1.165) is 31.8 Å². The molecule has 0 aromatic heterocycles. The van der Waals surface area contributed by atoms with E-state index in [1.165, 1.54) is 0 Å². The van der Waals surface area contributed by atoms with Crippen LogP contribution in [0.25, 0.3) is 0 Å². The summed E-state index contributed by atoms with van der Waals surface area (Å²) >= 11 is 0. The number of likely N-dealkylation sites (tertiary alicyclic amines) is 1. The molecule has 1 N–H and O–H groups in total. The van der Waals surface area contributed by atoms with Gasteiger partial charge in [-0.05, 0) is 18.8 Å². The molecular weight excluding hydrogens is 180 g/mol. The van der Waals surface area contributed by atoms with Gasteiger partial charge in [0.2, 0.25) is 0 Å². The van der Waals surface area contributed by atoms with Crippen LogP contribution in [0.3, 0.4) is 0 Å². The van der Waals surface area contributed by atoms with E-state index in [9.17, 15) is 4.79 Å². The molecule has 4 nitrogen and oxygen atoms in total. The van der Waals surface area contributed by atoms with Crippen molar-refractivity contribution in [3.63, 3.8) is 0 Å². The number of hydrogen-bond acceptors (Lipinski definition) is 2. The number of nitrogens with one attached hydrogen (secondary N) is 1. The Bertz CT molecular complexity index is 177. The highest BCUT2D eigenvalue weighted by Gasteiger charge is 2.19. The molecule has 1 saturated heterocycles. The molecule has 0 unspecified atom stereocenters. The van der Waals surface area contributed by atoms with E-state index in [1.54, 1.807) is 7.11 Å². The predicted molar refractivity (Wildman–Crippen MR) is 55.2 cm³/mol. The van der Waals surface area contributed by atoms with Crippen molar-refractivity contribution in [2.75, 3.05) is 33.4 Å². The summed E-state index contributed by atoms with van der Waals surface area (Å²) in [5.41, 5.74) is 0.